The third-order valence-electron chi connectivity index (χ3n) is 1.78. The summed E-state index contributed by atoms with van der Waals surface area (Å²) in [4.78, 5) is 11.6. The number of nitrogens with one attached hydrogen (secondary N) is 1. The van der Waals surface area contributed by atoms with Crippen LogP contribution in [0.4, 0.5) is 0 Å². The Morgan fingerprint density at radius 3 is 2.35 bits per heavy atom. The summed E-state index contributed by atoms with van der Waals surface area (Å²) < 4.78 is 0. The first-order chi connectivity index (χ1) is 7.88. The van der Waals surface area contributed by atoms with E-state index in [9.17, 15) is 9.90 Å². The van der Waals surface area contributed by atoms with E-state index in [1.165, 1.54) is 11.0 Å². The van der Waals surface area contributed by atoms with Crippen molar-refractivity contribution in [2.75, 3.05) is 27.2 Å². The quantitative estimate of drug-likeness (QED) is 0.667. The summed E-state index contributed by atoms with van der Waals surface area (Å²) in [6.45, 7) is 1.14. The van der Waals surface area contributed by atoms with Gasteiger partial charge in [-0.3, -0.25) is 0 Å². The fraction of sp³-hybridized carbons (Fsp3) is 0.364. The Kier molecular flexibility index (Phi) is 7.29. The van der Waals surface area contributed by atoms with Gasteiger partial charge in [-0.2, -0.15) is 0 Å². The molecule has 0 saturated carbocycles. The number of likely N-dealkylation sites (N-methyl/N-ethyl adjacent to an activating group) is 1. The van der Waals surface area contributed by atoms with E-state index in [1.54, 1.807) is 0 Å². The second-order valence-electron chi connectivity index (χ2n) is 3.63. The van der Waals surface area contributed by atoms with Gasteiger partial charge >= 0.3 is 5.97 Å². The van der Waals surface area contributed by atoms with Crippen molar-refractivity contribution in [2.45, 2.75) is 0 Å². The molecular formula is C11H16ClNO4. The third kappa shape index (κ3) is 6.78. The highest BCUT2D eigenvalue weighted by molar-refractivity contribution is 6.31. The summed E-state index contributed by atoms with van der Waals surface area (Å²) in [5, 5.41) is 27.7. The number of carboxylic acids is 1. The minimum atomic E-state index is -1.25. The van der Waals surface area contributed by atoms with Gasteiger partial charge < -0.3 is 20.2 Å². The first-order valence-corrected chi connectivity index (χ1v) is 5.36. The van der Waals surface area contributed by atoms with Crippen LogP contribution in [0.1, 0.15) is 10.4 Å². The Labute approximate surface area is 105 Å². The number of rotatable bonds is 3. The van der Waals surface area contributed by atoms with Crippen molar-refractivity contribution in [1.29, 1.82) is 0 Å². The van der Waals surface area contributed by atoms with Crippen LogP contribution < -0.4 is 10.0 Å². The van der Waals surface area contributed by atoms with Crippen molar-refractivity contribution in [3.63, 3.8) is 0 Å². The number of hydrogen-bond acceptors (Lipinski definition) is 3. The van der Waals surface area contributed by atoms with Crippen molar-refractivity contribution < 1.29 is 25.0 Å². The lowest BCUT2D eigenvalue weighted by Crippen LogP contribution is -3.06. The van der Waals surface area contributed by atoms with E-state index in [-0.39, 0.29) is 10.6 Å². The molecule has 0 amide bonds. The minimum Gasteiger partial charge on any atom is -0.872 e. The molecule has 0 radical (unpaired) electrons. The van der Waals surface area contributed by atoms with E-state index in [1.807, 2.05) is 14.1 Å². The van der Waals surface area contributed by atoms with Crippen LogP contribution in [0.3, 0.4) is 0 Å². The van der Waals surface area contributed by atoms with Gasteiger partial charge in [0.25, 0.3) is 0 Å². The molecule has 1 aromatic rings. The number of hydrogen-bond donors (Lipinski definition) is 3. The average Bonchev–Trinajstić information content (AvgIpc) is 2.22. The maximum Gasteiger partial charge on any atom is 0.335 e. The van der Waals surface area contributed by atoms with Gasteiger partial charge in [-0.1, -0.05) is 23.4 Å². The average molecular weight is 262 g/mol. The molecule has 0 aliphatic heterocycles. The molecule has 1 rings (SSSR count). The largest absolute Gasteiger partial charge is 0.872 e. The van der Waals surface area contributed by atoms with E-state index < -0.39 is 11.7 Å². The highest BCUT2D eigenvalue weighted by Gasteiger charge is 2.02. The van der Waals surface area contributed by atoms with Crippen LogP contribution >= 0.6 is 11.6 Å². The standard InChI is InChI=1S/C7H5ClO3.C4H11NO/c8-4-1-2-6(9)5(3-4)7(10)11;1-5(2)3-4-6/h1-3,9H,(H,10,11);6H,3-4H2,1-2H3. The second-order valence-corrected chi connectivity index (χ2v) is 4.06. The van der Waals surface area contributed by atoms with Crippen LogP contribution in [0, 0.1) is 0 Å². The van der Waals surface area contributed by atoms with E-state index in [4.69, 9.17) is 21.8 Å². The predicted octanol–water partition coefficient (Wildman–Crippen LogP) is -0.765. The molecule has 17 heavy (non-hydrogen) atoms. The van der Waals surface area contributed by atoms with Gasteiger partial charge in [0, 0.05) is 5.02 Å². The molecule has 6 heteroatoms. The van der Waals surface area contributed by atoms with Gasteiger partial charge in [0.1, 0.15) is 6.54 Å². The number of carbonyl (C=O) groups is 1. The van der Waals surface area contributed by atoms with Crippen molar-refractivity contribution in [3.05, 3.63) is 28.8 Å². The molecule has 0 aromatic heterocycles. The molecule has 0 unspecified atom stereocenters. The first kappa shape index (κ1) is 15.7. The monoisotopic (exact) mass is 261 g/mol. The third-order valence-corrected chi connectivity index (χ3v) is 2.02. The summed E-state index contributed by atoms with van der Waals surface area (Å²) in [5.41, 5.74) is -0.294. The molecule has 0 atom stereocenters. The summed E-state index contributed by atoms with van der Waals surface area (Å²) in [6, 6.07) is 3.62. The Morgan fingerprint density at radius 2 is 2.06 bits per heavy atom. The maximum atomic E-state index is 10.8. The second kappa shape index (κ2) is 7.89. The number of aliphatic hydroxyl groups is 1. The Morgan fingerprint density at radius 1 is 1.47 bits per heavy atom. The number of quaternary nitrogens is 1. The lowest BCUT2D eigenvalue weighted by atomic mass is 10.2. The zero-order chi connectivity index (χ0) is 13.4. The topological polar surface area (TPSA) is 85.0 Å². The summed E-state index contributed by atoms with van der Waals surface area (Å²) in [7, 11) is 4.02. The number of benzene rings is 1. The zero-order valence-corrected chi connectivity index (χ0v) is 10.5. The van der Waals surface area contributed by atoms with E-state index >= 15 is 0 Å². The Hall–Kier alpha value is -1.30. The highest BCUT2D eigenvalue weighted by atomic mass is 35.5. The van der Waals surface area contributed by atoms with Gasteiger partial charge in [-0.15, -0.1) is 0 Å². The lowest BCUT2D eigenvalue weighted by molar-refractivity contribution is -0.858. The summed E-state index contributed by atoms with van der Waals surface area (Å²) >= 11 is 5.46. The van der Waals surface area contributed by atoms with Crippen LogP contribution in [0.5, 0.6) is 5.75 Å². The predicted molar refractivity (Wildman–Crippen MR) is 62.6 cm³/mol. The van der Waals surface area contributed by atoms with E-state index in [0.29, 0.717) is 6.61 Å². The van der Waals surface area contributed by atoms with Crippen molar-refractivity contribution >= 4 is 17.6 Å². The molecule has 0 spiro atoms. The molecule has 0 heterocycles. The molecule has 0 fully saturated rings. The van der Waals surface area contributed by atoms with Gasteiger partial charge in [0.15, 0.2) is 0 Å². The Bertz CT molecular complexity index is 368. The van der Waals surface area contributed by atoms with E-state index in [2.05, 4.69) is 0 Å². The van der Waals surface area contributed by atoms with Crippen molar-refractivity contribution in [1.82, 2.24) is 0 Å². The van der Waals surface area contributed by atoms with Gasteiger partial charge in [0.05, 0.1) is 26.3 Å². The van der Waals surface area contributed by atoms with Crippen LogP contribution in [-0.4, -0.2) is 43.4 Å². The molecule has 96 valence electrons. The fourth-order valence-corrected chi connectivity index (χ4v) is 1.07. The molecule has 0 saturated heterocycles. The van der Waals surface area contributed by atoms with Gasteiger partial charge in [-0.05, 0) is 12.1 Å². The SMILES string of the molecule is C[NH+](C)CCO.O=C(O)c1cc(Cl)ccc1[O-]. The molecular weight excluding hydrogens is 246 g/mol. The van der Waals surface area contributed by atoms with Gasteiger partial charge in [0.2, 0.25) is 0 Å². The fourth-order valence-electron chi connectivity index (χ4n) is 0.893. The van der Waals surface area contributed by atoms with E-state index in [0.717, 1.165) is 18.7 Å². The molecule has 0 bridgehead atoms. The summed E-state index contributed by atoms with van der Waals surface area (Å²) in [5.74, 6) is -1.78. The number of halogens is 1. The molecule has 0 aliphatic carbocycles. The van der Waals surface area contributed by atoms with Crippen LogP contribution in [0.2, 0.25) is 5.02 Å². The number of carboxylic acid groups (broad SMARTS) is 1. The van der Waals surface area contributed by atoms with Crippen LogP contribution in [0.15, 0.2) is 18.2 Å². The smallest absolute Gasteiger partial charge is 0.335 e. The first-order valence-electron chi connectivity index (χ1n) is 4.98. The minimum absolute atomic E-state index is 0.252. The highest BCUT2D eigenvalue weighted by Crippen LogP contribution is 2.18. The molecule has 1 aromatic carbocycles. The lowest BCUT2D eigenvalue weighted by Gasteiger charge is -2.08. The number of aliphatic hydroxyl groups excluding tert-OH is 1. The molecule has 5 nitrogen and oxygen atoms in total. The van der Waals surface area contributed by atoms with Gasteiger partial charge in [-0.25, -0.2) is 4.79 Å². The zero-order valence-electron chi connectivity index (χ0n) is 9.74. The summed E-state index contributed by atoms with van der Waals surface area (Å²) in [6.07, 6.45) is 0. The van der Waals surface area contributed by atoms with Crippen LogP contribution in [0.25, 0.3) is 0 Å². The Balaban J connectivity index is 0.000000366. The molecule has 3 N–H and O–H groups in total. The number of aromatic carboxylic acids is 1. The van der Waals surface area contributed by atoms with Crippen molar-refractivity contribution in [3.8, 4) is 5.75 Å². The van der Waals surface area contributed by atoms with Crippen molar-refractivity contribution in [2.24, 2.45) is 0 Å². The normalized spacial score (nSPS) is 9.71. The van der Waals surface area contributed by atoms with Crippen LogP contribution in [-0.2, 0) is 0 Å². The maximum absolute atomic E-state index is 10.8. The molecule has 0 aliphatic rings.